The first-order chi connectivity index (χ1) is 11.7. The summed E-state index contributed by atoms with van der Waals surface area (Å²) < 4.78 is 5.17. The van der Waals surface area contributed by atoms with Gasteiger partial charge in [-0.15, -0.1) is 0 Å². The lowest BCUT2D eigenvalue weighted by Gasteiger charge is -2.08. The molecule has 0 fully saturated rings. The molecule has 1 aromatic heterocycles. The Morgan fingerprint density at radius 1 is 1.17 bits per heavy atom. The molecule has 2 aromatic rings. The maximum atomic E-state index is 12.1. The molecule has 0 aliphatic heterocycles. The Morgan fingerprint density at radius 2 is 2.04 bits per heavy atom. The van der Waals surface area contributed by atoms with Crippen LogP contribution in [0.1, 0.15) is 35.9 Å². The minimum Gasteiger partial charge on any atom is -0.467 e. The third kappa shape index (κ3) is 5.89. The third-order valence-corrected chi connectivity index (χ3v) is 3.40. The molecule has 3 N–H and O–H groups in total. The van der Waals surface area contributed by atoms with E-state index in [1.165, 1.54) is 0 Å². The molecule has 0 aliphatic rings. The molecular formula is C18H23N3O3. The summed E-state index contributed by atoms with van der Waals surface area (Å²) in [6, 6.07) is 10.4. The predicted octanol–water partition coefficient (Wildman–Crippen LogP) is 2.54. The summed E-state index contributed by atoms with van der Waals surface area (Å²) in [4.78, 5) is 24.0. The average molecular weight is 329 g/mol. The molecular weight excluding hydrogens is 306 g/mol. The standard InChI is InChI=1S/C18H23N3O3/c1-2-3-9-19-13-17(22)21-15-7-4-6-14(11-15)18(23)20-12-16-8-5-10-24-16/h4-8,10-11,19H,2-3,9,12-13H2,1H3,(H,20,23)(H,21,22). The van der Waals surface area contributed by atoms with Crippen molar-refractivity contribution < 1.29 is 14.0 Å². The molecule has 2 amide bonds. The van der Waals surface area contributed by atoms with E-state index in [-0.39, 0.29) is 18.4 Å². The summed E-state index contributed by atoms with van der Waals surface area (Å²) >= 11 is 0. The highest BCUT2D eigenvalue weighted by Crippen LogP contribution is 2.11. The van der Waals surface area contributed by atoms with Gasteiger partial charge in [-0.1, -0.05) is 19.4 Å². The van der Waals surface area contributed by atoms with E-state index in [4.69, 9.17) is 4.42 Å². The van der Waals surface area contributed by atoms with E-state index in [2.05, 4.69) is 22.9 Å². The zero-order chi connectivity index (χ0) is 17.2. The number of furan rings is 1. The molecule has 0 bridgehead atoms. The minimum absolute atomic E-state index is 0.126. The number of anilines is 1. The smallest absolute Gasteiger partial charge is 0.251 e. The molecule has 24 heavy (non-hydrogen) atoms. The van der Waals surface area contributed by atoms with Crippen molar-refractivity contribution in [3.05, 3.63) is 54.0 Å². The number of carbonyl (C=O) groups excluding carboxylic acids is 2. The van der Waals surface area contributed by atoms with Gasteiger partial charge in [0.15, 0.2) is 0 Å². The van der Waals surface area contributed by atoms with E-state index in [1.54, 1.807) is 42.7 Å². The Hall–Kier alpha value is -2.60. The zero-order valence-corrected chi connectivity index (χ0v) is 13.8. The zero-order valence-electron chi connectivity index (χ0n) is 13.8. The SMILES string of the molecule is CCCCNCC(=O)Nc1cccc(C(=O)NCc2ccco2)c1. The van der Waals surface area contributed by atoms with Crippen LogP contribution in [0.2, 0.25) is 0 Å². The number of benzene rings is 1. The Morgan fingerprint density at radius 3 is 2.79 bits per heavy atom. The highest BCUT2D eigenvalue weighted by Gasteiger charge is 2.08. The lowest BCUT2D eigenvalue weighted by molar-refractivity contribution is -0.115. The highest BCUT2D eigenvalue weighted by atomic mass is 16.3. The van der Waals surface area contributed by atoms with Crippen LogP contribution in [0.25, 0.3) is 0 Å². The molecule has 0 unspecified atom stereocenters. The lowest BCUT2D eigenvalue weighted by atomic mass is 10.2. The first-order valence-electron chi connectivity index (χ1n) is 8.10. The summed E-state index contributed by atoms with van der Waals surface area (Å²) in [5, 5.41) is 8.63. The fourth-order valence-corrected chi connectivity index (χ4v) is 2.13. The van der Waals surface area contributed by atoms with Crippen LogP contribution in [0.3, 0.4) is 0 Å². The second-order valence-electron chi connectivity index (χ2n) is 5.42. The largest absolute Gasteiger partial charge is 0.467 e. The third-order valence-electron chi connectivity index (χ3n) is 3.40. The second kappa shape index (κ2) is 9.52. The van der Waals surface area contributed by atoms with Gasteiger partial charge in [-0.25, -0.2) is 0 Å². The minimum atomic E-state index is -0.219. The Balaban J connectivity index is 1.83. The van der Waals surface area contributed by atoms with Gasteiger partial charge < -0.3 is 20.4 Å². The van der Waals surface area contributed by atoms with Crippen LogP contribution < -0.4 is 16.0 Å². The predicted molar refractivity (Wildman–Crippen MR) is 92.7 cm³/mol. The van der Waals surface area contributed by atoms with Gasteiger partial charge in [0.2, 0.25) is 5.91 Å². The van der Waals surface area contributed by atoms with Crippen molar-refractivity contribution in [1.82, 2.24) is 10.6 Å². The van der Waals surface area contributed by atoms with E-state index in [0.29, 0.717) is 23.6 Å². The lowest BCUT2D eigenvalue weighted by Crippen LogP contribution is -2.29. The average Bonchev–Trinajstić information content (AvgIpc) is 3.10. The Labute approximate surface area is 141 Å². The first-order valence-corrected chi connectivity index (χ1v) is 8.10. The van der Waals surface area contributed by atoms with Gasteiger partial charge in [0.1, 0.15) is 5.76 Å². The number of rotatable bonds is 9. The fraction of sp³-hybridized carbons (Fsp3) is 0.333. The second-order valence-corrected chi connectivity index (χ2v) is 5.42. The quantitative estimate of drug-likeness (QED) is 0.617. The fourth-order valence-electron chi connectivity index (χ4n) is 2.13. The van der Waals surface area contributed by atoms with Crippen LogP contribution in [-0.4, -0.2) is 24.9 Å². The number of carbonyl (C=O) groups is 2. The Kier molecular flexibility index (Phi) is 7.04. The Bertz CT molecular complexity index is 653. The molecule has 6 heteroatoms. The van der Waals surface area contributed by atoms with Gasteiger partial charge >= 0.3 is 0 Å². The van der Waals surface area contributed by atoms with E-state index in [1.807, 2.05) is 0 Å². The summed E-state index contributed by atoms with van der Waals surface area (Å²) in [6.07, 6.45) is 3.69. The molecule has 0 atom stereocenters. The highest BCUT2D eigenvalue weighted by molar-refractivity contribution is 5.97. The summed E-state index contributed by atoms with van der Waals surface area (Å²) in [5.41, 5.74) is 1.08. The van der Waals surface area contributed by atoms with E-state index in [0.717, 1.165) is 19.4 Å². The van der Waals surface area contributed by atoms with Gasteiger partial charge in [0.05, 0.1) is 19.4 Å². The van der Waals surface area contributed by atoms with Crippen molar-refractivity contribution in [2.45, 2.75) is 26.3 Å². The van der Waals surface area contributed by atoms with Gasteiger partial charge in [-0.2, -0.15) is 0 Å². The van der Waals surface area contributed by atoms with Crippen molar-refractivity contribution >= 4 is 17.5 Å². The van der Waals surface area contributed by atoms with Gasteiger partial charge in [0.25, 0.3) is 5.91 Å². The molecule has 0 saturated carbocycles. The molecule has 0 saturated heterocycles. The van der Waals surface area contributed by atoms with Crippen LogP contribution >= 0.6 is 0 Å². The molecule has 0 aliphatic carbocycles. The van der Waals surface area contributed by atoms with Crippen LogP contribution in [0.4, 0.5) is 5.69 Å². The van der Waals surface area contributed by atoms with Crippen molar-refractivity contribution in [2.24, 2.45) is 0 Å². The molecule has 2 rings (SSSR count). The summed E-state index contributed by atoms with van der Waals surface area (Å²) in [6.45, 7) is 3.50. The van der Waals surface area contributed by atoms with Crippen molar-refractivity contribution in [3.8, 4) is 0 Å². The number of amides is 2. The maximum Gasteiger partial charge on any atom is 0.251 e. The topological polar surface area (TPSA) is 83.4 Å². The van der Waals surface area contributed by atoms with E-state index < -0.39 is 0 Å². The molecule has 6 nitrogen and oxygen atoms in total. The first kappa shape index (κ1) is 17.7. The van der Waals surface area contributed by atoms with Crippen LogP contribution in [0, 0.1) is 0 Å². The van der Waals surface area contributed by atoms with E-state index in [9.17, 15) is 9.59 Å². The normalized spacial score (nSPS) is 10.4. The van der Waals surface area contributed by atoms with Gasteiger partial charge in [-0.05, 0) is 43.3 Å². The number of unbranched alkanes of at least 4 members (excludes halogenated alkanes) is 1. The molecule has 0 radical (unpaired) electrons. The summed E-state index contributed by atoms with van der Waals surface area (Å²) in [5.74, 6) is 0.341. The number of hydrogen-bond donors (Lipinski definition) is 3. The molecule has 1 heterocycles. The van der Waals surface area contributed by atoms with Gasteiger partial charge in [-0.3, -0.25) is 9.59 Å². The van der Waals surface area contributed by atoms with Gasteiger partial charge in [0, 0.05) is 11.3 Å². The van der Waals surface area contributed by atoms with Crippen molar-refractivity contribution in [2.75, 3.05) is 18.4 Å². The maximum absolute atomic E-state index is 12.1. The number of nitrogens with one attached hydrogen (secondary N) is 3. The van der Waals surface area contributed by atoms with Crippen LogP contribution in [0.5, 0.6) is 0 Å². The van der Waals surface area contributed by atoms with Crippen molar-refractivity contribution in [3.63, 3.8) is 0 Å². The molecule has 128 valence electrons. The van der Waals surface area contributed by atoms with Crippen LogP contribution in [-0.2, 0) is 11.3 Å². The van der Waals surface area contributed by atoms with Crippen LogP contribution in [0.15, 0.2) is 47.1 Å². The molecule has 0 spiro atoms. The monoisotopic (exact) mass is 329 g/mol. The number of hydrogen-bond acceptors (Lipinski definition) is 4. The summed E-state index contributed by atoms with van der Waals surface area (Å²) in [7, 11) is 0. The van der Waals surface area contributed by atoms with E-state index >= 15 is 0 Å². The molecule has 1 aromatic carbocycles. The van der Waals surface area contributed by atoms with Crippen molar-refractivity contribution in [1.29, 1.82) is 0 Å².